The topological polar surface area (TPSA) is 42.7 Å². The van der Waals surface area contributed by atoms with Crippen molar-refractivity contribution in [3.8, 4) is 0 Å². The zero-order valence-corrected chi connectivity index (χ0v) is 13.1. The van der Waals surface area contributed by atoms with Gasteiger partial charge in [-0.25, -0.2) is 4.68 Å². The fourth-order valence-electron chi connectivity index (χ4n) is 2.91. The largest absolute Gasteiger partial charge is 0.369 e. The lowest BCUT2D eigenvalue weighted by atomic mass is 9.91. The molecule has 5 heteroatoms. The first-order chi connectivity index (χ1) is 10.3. The minimum Gasteiger partial charge on any atom is -0.369 e. The first-order valence-corrected chi connectivity index (χ1v) is 8.09. The lowest BCUT2D eigenvalue weighted by molar-refractivity contribution is 0.549. The van der Waals surface area contributed by atoms with Crippen LogP contribution in [0.15, 0.2) is 24.5 Å². The number of fused-ring (bicyclic) bond motifs is 1. The number of nitrogens with zero attached hydrogens (tertiary/aromatic N) is 3. The van der Waals surface area contributed by atoms with Crippen LogP contribution in [0.3, 0.4) is 0 Å². The highest BCUT2D eigenvalue weighted by molar-refractivity contribution is 6.33. The van der Waals surface area contributed by atoms with Gasteiger partial charge in [0.25, 0.3) is 0 Å². The third-order valence-corrected chi connectivity index (χ3v) is 4.42. The molecule has 0 spiro atoms. The smallest absolute Gasteiger partial charge is 0.143 e. The van der Waals surface area contributed by atoms with Crippen LogP contribution in [0.5, 0.6) is 0 Å². The van der Waals surface area contributed by atoms with Crippen LogP contribution in [-0.4, -0.2) is 21.3 Å². The van der Waals surface area contributed by atoms with E-state index < -0.39 is 0 Å². The zero-order chi connectivity index (χ0) is 14.7. The van der Waals surface area contributed by atoms with Crippen molar-refractivity contribution in [2.45, 2.75) is 45.1 Å². The molecular formula is C16H21ClN4. The van der Waals surface area contributed by atoms with Crippen LogP contribution in [0, 0.1) is 0 Å². The fourth-order valence-corrected chi connectivity index (χ4v) is 3.25. The molecule has 112 valence electrons. The predicted octanol–water partition coefficient (Wildman–Crippen LogP) is 4.07. The summed E-state index contributed by atoms with van der Waals surface area (Å²) < 4.78 is 2.02. The van der Waals surface area contributed by atoms with Crippen LogP contribution in [-0.2, 0) is 6.54 Å². The summed E-state index contributed by atoms with van der Waals surface area (Å²) in [6, 6.07) is 4.14. The van der Waals surface area contributed by atoms with E-state index in [0.29, 0.717) is 0 Å². The Kier molecular flexibility index (Phi) is 4.44. The maximum absolute atomic E-state index is 6.60. The Morgan fingerprint density at radius 1 is 1.38 bits per heavy atom. The number of rotatable bonds is 5. The van der Waals surface area contributed by atoms with Gasteiger partial charge in [-0.3, -0.25) is 4.98 Å². The molecule has 21 heavy (non-hydrogen) atoms. The van der Waals surface area contributed by atoms with Crippen LogP contribution in [0.4, 0.5) is 5.82 Å². The summed E-state index contributed by atoms with van der Waals surface area (Å²) in [6.45, 7) is 4.13. The highest BCUT2D eigenvalue weighted by Gasteiger charge is 2.25. The summed E-state index contributed by atoms with van der Waals surface area (Å²) in [5, 5.41) is 8.94. The Hall–Kier alpha value is -1.55. The average molecular weight is 305 g/mol. The number of hydrogen-bond acceptors (Lipinski definition) is 3. The molecule has 3 rings (SSSR count). The summed E-state index contributed by atoms with van der Waals surface area (Å²) in [6.07, 6.45) is 8.19. The van der Waals surface area contributed by atoms with E-state index in [1.165, 1.54) is 18.4 Å². The third-order valence-electron chi connectivity index (χ3n) is 4.04. The molecule has 2 aromatic heterocycles. The molecule has 2 aromatic rings. The zero-order valence-electron chi connectivity index (χ0n) is 12.3. The fraction of sp³-hybridized carbons (Fsp3) is 0.500. The Bertz CT molecular complexity index is 594. The Balaban J connectivity index is 1.98. The van der Waals surface area contributed by atoms with Gasteiger partial charge in [-0.05, 0) is 30.5 Å². The van der Waals surface area contributed by atoms with Gasteiger partial charge in [-0.15, -0.1) is 0 Å². The lowest BCUT2D eigenvalue weighted by Gasteiger charge is -2.15. The molecule has 0 amide bonds. The summed E-state index contributed by atoms with van der Waals surface area (Å²) in [4.78, 5) is 4.12. The van der Waals surface area contributed by atoms with Gasteiger partial charge in [0.05, 0.1) is 5.69 Å². The van der Waals surface area contributed by atoms with E-state index in [9.17, 15) is 0 Å². The summed E-state index contributed by atoms with van der Waals surface area (Å²) in [5.41, 5.74) is 2.25. The van der Waals surface area contributed by atoms with Crippen molar-refractivity contribution in [2.24, 2.45) is 0 Å². The first-order valence-electron chi connectivity index (χ1n) is 7.71. The standard InChI is InChI=1S/C16H21ClN4/c1-2-3-5-13(12-6-9-18-10-7-12)15-14(17)16-19-8-4-11-21(16)20-15/h6-7,9-10,13,19H,2-5,8,11H2,1H3. The molecule has 1 unspecified atom stereocenters. The van der Waals surface area contributed by atoms with E-state index in [0.717, 1.165) is 42.5 Å². The minimum absolute atomic E-state index is 0.250. The molecule has 1 aliphatic heterocycles. The molecule has 0 saturated heterocycles. The molecule has 3 heterocycles. The number of anilines is 1. The van der Waals surface area contributed by atoms with Crippen LogP contribution in [0.25, 0.3) is 0 Å². The maximum atomic E-state index is 6.60. The van der Waals surface area contributed by atoms with Crippen molar-refractivity contribution in [3.05, 3.63) is 40.8 Å². The normalized spacial score (nSPS) is 15.3. The van der Waals surface area contributed by atoms with Crippen LogP contribution in [0.2, 0.25) is 5.02 Å². The monoisotopic (exact) mass is 304 g/mol. The Labute approximate surface area is 130 Å². The number of aryl methyl sites for hydroxylation is 1. The molecule has 0 saturated carbocycles. The number of nitrogens with one attached hydrogen (secondary N) is 1. The average Bonchev–Trinajstić information content (AvgIpc) is 2.86. The predicted molar refractivity (Wildman–Crippen MR) is 85.9 cm³/mol. The van der Waals surface area contributed by atoms with Crippen molar-refractivity contribution in [1.29, 1.82) is 0 Å². The van der Waals surface area contributed by atoms with E-state index in [1.54, 1.807) is 0 Å². The summed E-state index contributed by atoms with van der Waals surface area (Å²) >= 11 is 6.60. The molecule has 0 fully saturated rings. The van der Waals surface area contributed by atoms with Crippen molar-refractivity contribution < 1.29 is 0 Å². The van der Waals surface area contributed by atoms with Crippen molar-refractivity contribution in [1.82, 2.24) is 14.8 Å². The van der Waals surface area contributed by atoms with E-state index in [4.69, 9.17) is 16.7 Å². The number of unbranched alkanes of at least 4 members (excludes halogenated alkanes) is 1. The van der Waals surface area contributed by atoms with E-state index >= 15 is 0 Å². The molecule has 1 atom stereocenters. The third kappa shape index (κ3) is 2.91. The SMILES string of the molecule is CCCCC(c1ccncc1)c1nn2c(c1Cl)NCCC2. The second-order valence-electron chi connectivity index (χ2n) is 5.53. The highest BCUT2D eigenvalue weighted by atomic mass is 35.5. The molecule has 0 bridgehead atoms. The molecule has 0 aliphatic carbocycles. The Morgan fingerprint density at radius 3 is 2.90 bits per heavy atom. The lowest BCUT2D eigenvalue weighted by Crippen LogP contribution is -2.17. The second kappa shape index (κ2) is 6.48. The maximum Gasteiger partial charge on any atom is 0.143 e. The summed E-state index contributed by atoms with van der Waals surface area (Å²) in [7, 11) is 0. The quantitative estimate of drug-likeness (QED) is 0.905. The minimum atomic E-state index is 0.250. The van der Waals surface area contributed by atoms with Gasteiger partial charge >= 0.3 is 0 Å². The van der Waals surface area contributed by atoms with Crippen molar-refractivity contribution >= 4 is 17.4 Å². The molecular weight excluding hydrogens is 284 g/mol. The van der Waals surface area contributed by atoms with Gasteiger partial charge < -0.3 is 5.32 Å². The molecule has 1 aliphatic rings. The van der Waals surface area contributed by atoms with Crippen LogP contribution in [0.1, 0.15) is 49.8 Å². The molecule has 4 nitrogen and oxygen atoms in total. The molecule has 0 aromatic carbocycles. The Morgan fingerprint density at radius 2 is 2.19 bits per heavy atom. The van der Waals surface area contributed by atoms with Gasteiger partial charge in [-0.1, -0.05) is 31.4 Å². The van der Waals surface area contributed by atoms with Crippen molar-refractivity contribution in [3.63, 3.8) is 0 Å². The van der Waals surface area contributed by atoms with Crippen LogP contribution < -0.4 is 5.32 Å². The van der Waals surface area contributed by atoms with Gasteiger partial charge in [-0.2, -0.15) is 5.10 Å². The van der Waals surface area contributed by atoms with Gasteiger partial charge in [0.15, 0.2) is 0 Å². The van der Waals surface area contributed by atoms with E-state index in [-0.39, 0.29) is 5.92 Å². The number of aromatic nitrogens is 3. The van der Waals surface area contributed by atoms with E-state index in [2.05, 4.69) is 29.4 Å². The molecule has 0 radical (unpaired) electrons. The van der Waals surface area contributed by atoms with Crippen LogP contribution >= 0.6 is 11.6 Å². The summed E-state index contributed by atoms with van der Waals surface area (Å²) in [5.74, 6) is 1.23. The molecule has 1 N–H and O–H groups in total. The second-order valence-corrected chi connectivity index (χ2v) is 5.90. The number of hydrogen-bond donors (Lipinski definition) is 1. The highest BCUT2D eigenvalue weighted by Crippen LogP contribution is 2.38. The van der Waals surface area contributed by atoms with Crippen molar-refractivity contribution in [2.75, 3.05) is 11.9 Å². The number of pyridine rings is 1. The van der Waals surface area contributed by atoms with E-state index in [1.807, 2.05) is 17.1 Å². The van der Waals surface area contributed by atoms with Gasteiger partial charge in [0, 0.05) is 31.4 Å². The van der Waals surface area contributed by atoms with Gasteiger partial charge in [0.2, 0.25) is 0 Å². The first kappa shape index (κ1) is 14.4. The number of halogens is 1. The van der Waals surface area contributed by atoms with Gasteiger partial charge in [0.1, 0.15) is 10.8 Å².